The number of nitrogens with zero attached hydrogens (tertiary/aromatic N) is 2. The summed E-state index contributed by atoms with van der Waals surface area (Å²) in [5.74, 6) is 0. The van der Waals surface area contributed by atoms with Crippen LogP contribution in [0.3, 0.4) is 0 Å². The lowest BCUT2D eigenvalue weighted by molar-refractivity contribution is 0.475. The molecule has 0 aliphatic carbocycles. The first-order valence-corrected chi connectivity index (χ1v) is 7.45. The lowest BCUT2D eigenvalue weighted by atomic mass is 10.0. The van der Waals surface area contributed by atoms with Crippen molar-refractivity contribution >= 4 is 0 Å². The van der Waals surface area contributed by atoms with E-state index < -0.39 is 0 Å². The number of likely N-dealkylation sites (N-methyl/N-ethyl adjacent to an activating group) is 1. The highest BCUT2D eigenvalue weighted by Gasteiger charge is 2.14. The van der Waals surface area contributed by atoms with Gasteiger partial charge in [-0.15, -0.1) is 0 Å². The summed E-state index contributed by atoms with van der Waals surface area (Å²) in [4.78, 5) is 12.3. The Morgan fingerprint density at radius 1 is 1.14 bits per heavy atom. The molecule has 0 radical (unpaired) electrons. The molecular weight excluding hydrogens is 262 g/mol. The zero-order chi connectivity index (χ0) is 15.6. The summed E-state index contributed by atoms with van der Waals surface area (Å²) in [7, 11) is 1.93. The summed E-state index contributed by atoms with van der Waals surface area (Å²) in [6, 6.07) is 6.78. The Balaban J connectivity index is 2.27. The van der Waals surface area contributed by atoms with Crippen LogP contribution in [0, 0.1) is 13.8 Å². The average molecular weight is 287 g/mol. The van der Waals surface area contributed by atoms with E-state index in [9.17, 15) is 4.79 Å². The minimum atomic E-state index is 0.0501. The largest absolute Gasteiger partial charge is 0.328 e. The van der Waals surface area contributed by atoms with Gasteiger partial charge in [0.2, 0.25) is 0 Å². The van der Waals surface area contributed by atoms with E-state index in [0.29, 0.717) is 6.54 Å². The second-order valence-electron chi connectivity index (χ2n) is 5.92. The molecule has 114 valence electrons. The summed E-state index contributed by atoms with van der Waals surface area (Å²) in [5, 5.41) is 3.31. The van der Waals surface area contributed by atoms with E-state index in [1.54, 1.807) is 9.13 Å². The molecule has 1 aromatic carbocycles. The fourth-order valence-corrected chi connectivity index (χ4v) is 2.50. The molecule has 0 aliphatic rings. The Bertz CT molecular complexity index is 667. The summed E-state index contributed by atoms with van der Waals surface area (Å²) in [6.07, 6.45) is 3.73. The standard InChI is InChI=1S/C17H25N3O/c1-12(2)20-9-8-19(17(20)21)11-16(18-5)15-7-6-13(3)14(4)10-15/h6-10,12,16,18H,11H2,1-5H3. The maximum Gasteiger partial charge on any atom is 0.328 e. The van der Waals surface area contributed by atoms with Gasteiger partial charge in [-0.3, -0.25) is 9.13 Å². The number of nitrogens with one attached hydrogen (secondary N) is 1. The van der Waals surface area contributed by atoms with E-state index >= 15 is 0 Å². The summed E-state index contributed by atoms with van der Waals surface area (Å²) < 4.78 is 3.53. The third-order valence-corrected chi connectivity index (χ3v) is 4.09. The number of aryl methyl sites for hydroxylation is 2. The zero-order valence-corrected chi connectivity index (χ0v) is 13.6. The van der Waals surface area contributed by atoms with Crippen molar-refractivity contribution in [3.63, 3.8) is 0 Å². The van der Waals surface area contributed by atoms with Gasteiger partial charge in [0.15, 0.2) is 0 Å². The first-order valence-electron chi connectivity index (χ1n) is 7.45. The van der Waals surface area contributed by atoms with E-state index in [1.807, 2.05) is 33.3 Å². The fourth-order valence-electron chi connectivity index (χ4n) is 2.50. The summed E-state index contributed by atoms with van der Waals surface area (Å²) >= 11 is 0. The molecule has 0 saturated heterocycles. The molecule has 0 bridgehead atoms. The van der Waals surface area contributed by atoms with Crippen molar-refractivity contribution in [1.29, 1.82) is 0 Å². The Kier molecular flexibility index (Phi) is 4.68. The molecule has 0 spiro atoms. The van der Waals surface area contributed by atoms with Crippen molar-refractivity contribution < 1.29 is 0 Å². The van der Waals surface area contributed by atoms with Gasteiger partial charge in [-0.05, 0) is 51.4 Å². The van der Waals surface area contributed by atoms with Crippen LogP contribution in [0.1, 0.15) is 42.6 Å². The second-order valence-corrected chi connectivity index (χ2v) is 5.92. The predicted molar refractivity (Wildman–Crippen MR) is 86.8 cm³/mol. The zero-order valence-electron chi connectivity index (χ0n) is 13.6. The highest BCUT2D eigenvalue weighted by molar-refractivity contribution is 5.31. The molecule has 1 atom stereocenters. The van der Waals surface area contributed by atoms with Crippen molar-refractivity contribution in [3.05, 3.63) is 57.8 Å². The molecule has 4 heteroatoms. The third kappa shape index (κ3) is 3.27. The quantitative estimate of drug-likeness (QED) is 0.918. The minimum absolute atomic E-state index is 0.0501. The van der Waals surface area contributed by atoms with Gasteiger partial charge in [0.25, 0.3) is 0 Å². The normalized spacial score (nSPS) is 12.9. The van der Waals surface area contributed by atoms with Crippen LogP contribution in [-0.4, -0.2) is 16.2 Å². The van der Waals surface area contributed by atoms with Crippen molar-refractivity contribution in [2.75, 3.05) is 7.05 Å². The van der Waals surface area contributed by atoms with Gasteiger partial charge in [0.1, 0.15) is 0 Å². The van der Waals surface area contributed by atoms with Crippen LogP contribution in [-0.2, 0) is 6.54 Å². The maximum atomic E-state index is 12.3. The SMILES string of the molecule is CNC(Cn1ccn(C(C)C)c1=O)c1ccc(C)c(C)c1. The van der Waals surface area contributed by atoms with Gasteiger partial charge < -0.3 is 5.32 Å². The van der Waals surface area contributed by atoms with Crippen molar-refractivity contribution in [2.24, 2.45) is 0 Å². The molecule has 1 heterocycles. The van der Waals surface area contributed by atoms with Crippen LogP contribution in [0.15, 0.2) is 35.4 Å². The first kappa shape index (κ1) is 15.6. The number of benzene rings is 1. The highest BCUT2D eigenvalue weighted by Crippen LogP contribution is 2.18. The van der Waals surface area contributed by atoms with Crippen molar-refractivity contribution in [2.45, 2.75) is 46.3 Å². The number of imidazole rings is 1. The number of hydrogen-bond acceptors (Lipinski definition) is 2. The Hall–Kier alpha value is -1.81. The molecule has 0 fully saturated rings. The Morgan fingerprint density at radius 2 is 1.86 bits per heavy atom. The van der Waals surface area contributed by atoms with Crippen molar-refractivity contribution in [1.82, 2.24) is 14.5 Å². The van der Waals surface area contributed by atoms with E-state index in [0.717, 1.165) is 0 Å². The molecule has 1 aromatic heterocycles. The molecule has 0 aliphatic heterocycles. The molecule has 1 unspecified atom stereocenters. The van der Waals surface area contributed by atoms with Gasteiger partial charge in [0, 0.05) is 25.0 Å². The van der Waals surface area contributed by atoms with Gasteiger partial charge in [-0.1, -0.05) is 18.2 Å². The van der Waals surface area contributed by atoms with Crippen LogP contribution in [0.25, 0.3) is 0 Å². The number of aromatic nitrogens is 2. The smallest absolute Gasteiger partial charge is 0.312 e. The topological polar surface area (TPSA) is 39.0 Å². The molecule has 2 aromatic rings. The van der Waals surface area contributed by atoms with Gasteiger partial charge >= 0.3 is 5.69 Å². The molecule has 21 heavy (non-hydrogen) atoms. The van der Waals surface area contributed by atoms with E-state index in [2.05, 4.69) is 37.4 Å². The number of rotatable bonds is 5. The summed E-state index contributed by atoms with van der Waals surface area (Å²) in [5.41, 5.74) is 3.83. The Morgan fingerprint density at radius 3 is 2.38 bits per heavy atom. The highest BCUT2D eigenvalue weighted by atomic mass is 16.1. The second kappa shape index (κ2) is 6.31. The fraction of sp³-hybridized carbons (Fsp3) is 0.471. The van der Waals surface area contributed by atoms with E-state index in [4.69, 9.17) is 0 Å². The molecular formula is C17H25N3O. The first-order chi connectivity index (χ1) is 9.93. The maximum absolute atomic E-state index is 12.3. The van der Waals surface area contributed by atoms with Gasteiger partial charge in [0.05, 0.1) is 6.04 Å². The molecule has 1 N–H and O–H groups in total. The lowest BCUT2D eigenvalue weighted by Gasteiger charge is -2.18. The van der Waals surface area contributed by atoms with E-state index in [1.165, 1.54) is 16.7 Å². The number of hydrogen-bond donors (Lipinski definition) is 1. The van der Waals surface area contributed by atoms with Crippen LogP contribution >= 0.6 is 0 Å². The Labute approximate surface area is 126 Å². The minimum Gasteiger partial charge on any atom is -0.312 e. The third-order valence-electron chi connectivity index (χ3n) is 4.09. The van der Waals surface area contributed by atoms with Crippen LogP contribution in [0.2, 0.25) is 0 Å². The van der Waals surface area contributed by atoms with Gasteiger partial charge in [-0.25, -0.2) is 4.79 Å². The van der Waals surface area contributed by atoms with Crippen LogP contribution in [0.5, 0.6) is 0 Å². The van der Waals surface area contributed by atoms with Crippen molar-refractivity contribution in [3.8, 4) is 0 Å². The molecule has 0 amide bonds. The van der Waals surface area contributed by atoms with Gasteiger partial charge in [-0.2, -0.15) is 0 Å². The predicted octanol–water partition coefficient (Wildman–Crippen LogP) is 2.81. The van der Waals surface area contributed by atoms with E-state index in [-0.39, 0.29) is 17.8 Å². The lowest BCUT2D eigenvalue weighted by Crippen LogP contribution is -2.30. The molecule has 2 rings (SSSR count). The average Bonchev–Trinajstić information content (AvgIpc) is 2.80. The monoisotopic (exact) mass is 287 g/mol. The van der Waals surface area contributed by atoms with Crippen LogP contribution < -0.4 is 11.0 Å². The van der Waals surface area contributed by atoms with Crippen LogP contribution in [0.4, 0.5) is 0 Å². The molecule has 4 nitrogen and oxygen atoms in total. The summed E-state index contributed by atoms with van der Waals surface area (Å²) in [6.45, 7) is 8.90. The molecule has 0 saturated carbocycles.